The van der Waals surface area contributed by atoms with Gasteiger partial charge in [0.25, 0.3) is 5.91 Å². The molecule has 3 rings (SSSR count). The van der Waals surface area contributed by atoms with E-state index in [9.17, 15) is 4.79 Å². The lowest BCUT2D eigenvalue weighted by atomic mass is 10.2. The summed E-state index contributed by atoms with van der Waals surface area (Å²) in [4.78, 5) is 16.9. The number of aromatic nitrogens is 1. The number of ether oxygens (including phenoxy) is 1. The minimum Gasteiger partial charge on any atom is -0.497 e. The molecule has 0 fully saturated rings. The molecule has 5 heteroatoms. The van der Waals surface area contributed by atoms with E-state index < -0.39 is 0 Å². The zero-order valence-electron chi connectivity index (χ0n) is 13.9. The number of nitrogens with zero attached hydrogens (tertiary/aromatic N) is 1. The number of amides is 1. The SMILES string of the molecule is COc1ccc(NC(=O)c2cccnc2NCc2ccccc2)cc1. The summed E-state index contributed by atoms with van der Waals surface area (Å²) in [5, 5.41) is 6.10. The van der Waals surface area contributed by atoms with Crippen LogP contribution in [0.15, 0.2) is 72.9 Å². The molecule has 0 aliphatic heterocycles. The number of hydrogen-bond donors (Lipinski definition) is 2. The monoisotopic (exact) mass is 333 g/mol. The van der Waals surface area contributed by atoms with Crippen LogP contribution in [0.1, 0.15) is 15.9 Å². The number of anilines is 2. The Hall–Kier alpha value is -3.34. The molecule has 25 heavy (non-hydrogen) atoms. The summed E-state index contributed by atoms with van der Waals surface area (Å²) >= 11 is 0. The second-order valence-electron chi connectivity index (χ2n) is 5.42. The molecule has 0 saturated carbocycles. The zero-order chi connectivity index (χ0) is 17.5. The van der Waals surface area contributed by atoms with E-state index in [1.807, 2.05) is 30.3 Å². The van der Waals surface area contributed by atoms with Gasteiger partial charge in [0.2, 0.25) is 0 Å². The maximum absolute atomic E-state index is 12.6. The van der Waals surface area contributed by atoms with E-state index >= 15 is 0 Å². The Kier molecular flexibility index (Phi) is 5.26. The Balaban J connectivity index is 1.71. The molecule has 0 aliphatic carbocycles. The molecule has 0 saturated heterocycles. The highest BCUT2D eigenvalue weighted by Crippen LogP contribution is 2.18. The van der Waals surface area contributed by atoms with Crippen molar-refractivity contribution in [3.63, 3.8) is 0 Å². The third-order valence-corrected chi connectivity index (χ3v) is 3.70. The van der Waals surface area contributed by atoms with Crippen LogP contribution in [0.25, 0.3) is 0 Å². The second kappa shape index (κ2) is 7.97. The van der Waals surface area contributed by atoms with E-state index in [0.29, 0.717) is 23.6 Å². The summed E-state index contributed by atoms with van der Waals surface area (Å²) in [6.45, 7) is 0.598. The van der Waals surface area contributed by atoms with Crippen LogP contribution >= 0.6 is 0 Å². The third kappa shape index (κ3) is 4.35. The van der Waals surface area contributed by atoms with Crippen molar-refractivity contribution in [1.29, 1.82) is 0 Å². The Morgan fingerprint density at radius 3 is 2.48 bits per heavy atom. The highest BCUT2D eigenvalue weighted by atomic mass is 16.5. The van der Waals surface area contributed by atoms with Gasteiger partial charge in [-0.15, -0.1) is 0 Å². The first-order valence-corrected chi connectivity index (χ1v) is 7.94. The first kappa shape index (κ1) is 16.5. The van der Waals surface area contributed by atoms with Gasteiger partial charge in [-0.2, -0.15) is 0 Å². The predicted molar refractivity (Wildman–Crippen MR) is 99.0 cm³/mol. The van der Waals surface area contributed by atoms with Crippen LogP contribution in [0.3, 0.4) is 0 Å². The Morgan fingerprint density at radius 2 is 1.76 bits per heavy atom. The predicted octanol–water partition coefficient (Wildman–Crippen LogP) is 3.95. The van der Waals surface area contributed by atoms with Crippen molar-refractivity contribution in [3.05, 3.63) is 84.1 Å². The van der Waals surface area contributed by atoms with E-state index in [4.69, 9.17) is 4.74 Å². The van der Waals surface area contributed by atoms with Gasteiger partial charge in [0.1, 0.15) is 11.6 Å². The molecule has 0 spiro atoms. The number of nitrogens with one attached hydrogen (secondary N) is 2. The van der Waals surface area contributed by atoms with Gasteiger partial charge in [-0.1, -0.05) is 30.3 Å². The van der Waals surface area contributed by atoms with Crippen LogP contribution in [0.5, 0.6) is 5.75 Å². The maximum Gasteiger partial charge on any atom is 0.259 e. The topological polar surface area (TPSA) is 63.2 Å². The molecule has 1 aromatic heterocycles. The molecule has 0 bridgehead atoms. The van der Waals surface area contributed by atoms with Crippen molar-refractivity contribution in [2.45, 2.75) is 6.54 Å². The van der Waals surface area contributed by atoms with E-state index in [2.05, 4.69) is 15.6 Å². The van der Waals surface area contributed by atoms with Gasteiger partial charge in [0.05, 0.1) is 12.7 Å². The van der Waals surface area contributed by atoms with E-state index in [1.165, 1.54) is 0 Å². The van der Waals surface area contributed by atoms with Crippen molar-refractivity contribution in [2.24, 2.45) is 0 Å². The van der Waals surface area contributed by atoms with Gasteiger partial charge < -0.3 is 15.4 Å². The fourth-order valence-electron chi connectivity index (χ4n) is 2.38. The van der Waals surface area contributed by atoms with E-state index in [-0.39, 0.29) is 5.91 Å². The summed E-state index contributed by atoms with van der Waals surface area (Å²) < 4.78 is 5.12. The normalized spacial score (nSPS) is 10.1. The first-order valence-electron chi connectivity index (χ1n) is 7.94. The summed E-state index contributed by atoms with van der Waals surface area (Å²) in [5.41, 5.74) is 2.31. The molecule has 1 heterocycles. The third-order valence-electron chi connectivity index (χ3n) is 3.70. The molecular weight excluding hydrogens is 314 g/mol. The van der Waals surface area contributed by atoms with Crippen LogP contribution in [0, 0.1) is 0 Å². The minimum atomic E-state index is -0.214. The average Bonchev–Trinajstić information content (AvgIpc) is 2.68. The number of methoxy groups -OCH3 is 1. The van der Waals surface area contributed by atoms with Crippen LogP contribution in [-0.2, 0) is 6.54 Å². The largest absolute Gasteiger partial charge is 0.497 e. The molecule has 0 aliphatic rings. The molecule has 0 unspecified atom stereocenters. The lowest BCUT2D eigenvalue weighted by molar-refractivity contribution is 0.102. The molecule has 1 amide bonds. The fourth-order valence-corrected chi connectivity index (χ4v) is 2.38. The van der Waals surface area contributed by atoms with Crippen LogP contribution in [-0.4, -0.2) is 18.0 Å². The van der Waals surface area contributed by atoms with Gasteiger partial charge in [0.15, 0.2) is 0 Å². The number of carbonyl (C=O) groups excluding carboxylic acids is 1. The van der Waals surface area contributed by atoms with Crippen molar-refractivity contribution in [3.8, 4) is 5.75 Å². The van der Waals surface area contributed by atoms with Crippen molar-refractivity contribution >= 4 is 17.4 Å². The molecule has 3 aromatic rings. The fraction of sp³-hybridized carbons (Fsp3) is 0.100. The molecule has 0 atom stereocenters. The molecule has 0 radical (unpaired) electrons. The second-order valence-corrected chi connectivity index (χ2v) is 5.42. The van der Waals surface area contributed by atoms with Crippen molar-refractivity contribution < 1.29 is 9.53 Å². The van der Waals surface area contributed by atoms with Crippen LogP contribution in [0.4, 0.5) is 11.5 Å². The number of pyridine rings is 1. The van der Waals surface area contributed by atoms with Gasteiger partial charge in [0, 0.05) is 18.4 Å². The van der Waals surface area contributed by atoms with Crippen LogP contribution in [0.2, 0.25) is 0 Å². The Morgan fingerprint density at radius 1 is 1.00 bits per heavy atom. The average molecular weight is 333 g/mol. The van der Waals surface area contributed by atoms with Crippen molar-refractivity contribution in [1.82, 2.24) is 4.98 Å². The smallest absolute Gasteiger partial charge is 0.259 e. The van der Waals surface area contributed by atoms with Crippen molar-refractivity contribution in [2.75, 3.05) is 17.7 Å². The lowest BCUT2D eigenvalue weighted by Crippen LogP contribution is -2.15. The zero-order valence-corrected chi connectivity index (χ0v) is 13.9. The summed E-state index contributed by atoms with van der Waals surface area (Å²) in [6, 6.07) is 20.7. The minimum absolute atomic E-state index is 0.214. The lowest BCUT2D eigenvalue weighted by Gasteiger charge is -2.11. The maximum atomic E-state index is 12.6. The standard InChI is InChI=1S/C20H19N3O2/c1-25-17-11-9-16(10-12-17)23-20(24)18-8-5-13-21-19(18)22-14-15-6-3-2-4-7-15/h2-13H,14H2,1H3,(H,21,22)(H,23,24). The number of benzene rings is 2. The highest BCUT2D eigenvalue weighted by Gasteiger charge is 2.12. The molecule has 126 valence electrons. The summed E-state index contributed by atoms with van der Waals surface area (Å²) in [6.07, 6.45) is 1.66. The molecule has 2 aromatic carbocycles. The number of rotatable bonds is 6. The molecule has 5 nitrogen and oxygen atoms in total. The number of carbonyl (C=O) groups is 1. The molecular formula is C20H19N3O2. The Labute approximate surface area is 146 Å². The van der Waals surface area contributed by atoms with Gasteiger partial charge in [-0.05, 0) is 42.0 Å². The molecule has 2 N–H and O–H groups in total. The Bertz CT molecular complexity index is 833. The first-order chi connectivity index (χ1) is 12.3. The van der Waals surface area contributed by atoms with E-state index in [0.717, 1.165) is 11.3 Å². The van der Waals surface area contributed by atoms with Gasteiger partial charge in [-0.25, -0.2) is 4.98 Å². The summed E-state index contributed by atoms with van der Waals surface area (Å²) in [7, 11) is 1.61. The van der Waals surface area contributed by atoms with E-state index in [1.54, 1.807) is 49.7 Å². The van der Waals surface area contributed by atoms with Crippen LogP contribution < -0.4 is 15.4 Å². The highest BCUT2D eigenvalue weighted by molar-refractivity contribution is 6.07. The number of hydrogen-bond acceptors (Lipinski definition) is 4. The summed E-state index contributed by atoms with van der Waals surface area (Å²) in [5.74, 6) is 1.08. The van der Waals surface area contributed by atoms with Gasteiger partial charge >= 0.3 is 0 Å². The van der Waals surface area contributed by atoms with Gasteiger partial charge in [-0.3, -0.25) is 4.79 Å². The quantitative estimate of drug-likeness (QED) is 0.717.